The highest BCUT2D eigenvalue weighted by molar-refractivity contribution is 6.46. The number of ether oxygens (including phenoxy) is 2. The van der Waals surface area contributed by atoms with Gasteiger partial charge >= 0.3 is 0 Å². The van der Waals surface area contributed by atoms with Gasteiger partial charge in [-0.05, 0) is 73.5 Å². The standard InChI is InChI=1S/C26H23ClN2O4/c1-4-33-21-13-9-19(10-14-21)29-25(30)23(17-6-11-20(32-3)12-7-17)24(26(29)31)28-18-8-5-16(2)22(27)15-18/h5-15,28H,4H2,1-3H3. The van der Waals surface area contributed by atoms with Crippen molar-refractivity contribution in [2.75, 3.05) is 23.9 Å². The Morgan fingerprint density at radius 3 is 2.18 bits per heavy atom. The number of hydrogen-bond acceptors (Lipinski definition) is 5. The van der Waals surface area contributed by atoms with Crippen molar-refractivity contribution < 1.29 is 19.1 Å². The number of anilines is 2. The number of carbonyl (C=O) groups is 2. The normalized spacial score (nSPS) is 13.5. The Labute approximate surface area is 197 Å². The Morgan fingerprint density at radius 1 is 0.909 bits per heavy atom. The van der Waals surface area contributed by atoms with Crippen LogP contribution in [0.1, 0.15) is 18.1 Å². The molecule has 1 N–H and O–H groups in total. The Bertz CT molecular complexity index is 1230. The van der Waals surface area contributed by atoms with Gasteiger partial charge in [0.1, 0.15) is 17.2 Å². The van der Waals surface area contributed by atoms with E-state index in [4.69, 9.17) is 21.1 Å². The summed E-state index contributed by atoms with van der Waals surface area (Å²) in [5.41, 5.74) is 3.03. The number of nitrogens with one attached hydrogen (secondary N) is 1. The maximum Gasteiger partial charge on any atom is 0.282 e. The molecule has 0 unspecified atom stereocenters. The van der Waals surface area contributed by atoms with Gasteiger partial charge in [-0.3, -0.25) is 9.59 Å². The summed E-state index contributed by atoms with van der Waals surface area (Å²) in [7, 11) is 1.57. The van der Waals surface area contributed by atoms with Crippen LogP contribution in [0.25, 0.3) is 5.57 Å². The molecule has 1 aliphatic heterocycles. The van der Waals surface area contributed by atoms with Gasteiger partial charge < -0.3 is 14.8 Å². The second-order valence-electron chi connectivity index (χ2n) is 7.44. The maximum atomic E-state index is 13.5. The van der Waals surface area contributed by atoms with E-state index in [2.05, 4.69) is 5.32 Å². The van der Waals surface area contributed by atoms with Crippen molar-refractivity contribution in [1.82, 2.24) is 0 Å². The Kier molecular flexibility index (Phi) is 6.38. The molecule has 0 saturated carbocycles. The van der Waals surface area contributed by atoms with Crippen LogP contribution < -0.4 is 19.7 Å². The van der Waals surface area contributed by atoms with Gasteiger partial charge in [-0.1, -0.05) is 29.8 Å². The summed E-state index contributed by atoms with van der Waals surface area (Å²) in [4.78, 5) is 28.2. The third-order valence-corrected chi connectivity index (χ3v) is 5.72. The van der Waals surface area contributed by atoms with Gasteiger partial charge in [-0.25, -0.2) is 4.90 Å². The molecule has 2 amide bonds. The molecule has 3 aromatic carbocycles. The average Bonchev–Trinajstić information content (AvgIpc) is 3.06. The molecule has 0 atom stereocenters. The molecule has 1 heterocycles. The Morgan fingerprint density at radius 2 is 1.58 bits per heavy atom. The van der Waals surface area contributed by atoms with Crippen molar-refractivity contribution in [2.24, 2.45) is 0 Å². The van der Waals surface area contributed by atoms with Crippen LogP contribution in [0.3, 0.4) is 0 Å². The van der Waals surface area contributed by atoms with Gasteiger partial charge in [0.2, 0.25) is 0 Å². The van der Waals surface area contributed by atoms with Crippen molar-refractivity contribution in [3.05, 3.63) is 88.6 Å². The summed E-state index contributed by atoms with van der Waals surface area (Å²) >= 11 is 6.27. The number of amides is 2. The first-order valence-corrected chi connectivity index (χ1v) is 10.8. The first kappa shape index (κ1) is 22.4. The molecule has 0 fully saturated rings. The number of halogens is 1. The van der Waals surface area contributed by atoms with E-state index in [1.807, 2.05) is 26.0 Å². The fourth-order valence-electron chi connectivity index (χ4n) is 3.58. The Balaban J connectivity index is 1.77. The van der Waals surface area contributed by atoms with Gasteiger partial charge in [0.25, 0.3) is 11.8 Å². The summed E-state index contributed by atoms with van der Waals surface area (Å²) in [5.74, 6) is 0.442. The van der Waals surface area contributed by atoms with E-state index in [-0.39, 0.29) is 11.3 Å². The van der Waals surface area contributed by atoms with Crippen molar-refractivity contribution in [3.63, 3.8) is 0 Å². The number of benzene rings is 3. The molecule has 0 saturated heterocycles. The molecule has 0 radical (unpaired) electrons. The number of aryl methyl sites for hydroxylation is 1. The molecular weight excluding hydrogens is 440 g/mol. The van der Waals surface area contributed by atoms with E-state index >= 15 is 0 Å². The first-order valence-electron chi connectivity index (χ1n) is 10.5. The van der Waals surface area contributed by atoms with Crippen molar-refractivity contribution in [1.29, 1.82) is 0 Å². The van der Waals surface area contributed by atoms with Crippen LogP contribution in [0, 0.1) is 6.92 Å². The predicted octanol–water partition coefficient (Wildman–Crippen LogP) is 5.45. The van der Waals surface area contributed by atoms with E-state index in [0.717, 1.165) is 10.5 Å². The Hall–Kier alpha value is -3.77. The zero-order chi connectivity index (χ0) is 23.5. The number of hydrogen-bond donors (Lipinski definition) is 1. The van der Waals surface area contributed by atoms with E-state index in [9.17, 15) is 9.59 Å². The lowest BCUT2D eigenvalue weighted by Gasteiger charge is -2.16. The van der Waals surface area contributed by atoms with Crippen LogP contribution in [0.15, 0.2) is 72.4 Å². The van der Waals surface area contributed by atoms with Gasteiger partial charge in [-0.15, -0.1) is 0 Å². The zero-order valence-corrected chi connectivity index (χ0v) is 19.3. The minimum atomic E-state index is -0.452. The molecule has 1 aliphatic rings. The summed E-state index contributed by atoms with van der Waals surface area (Å²) in [6.07, 6.45) is 0. The molecule has 7 heteroatoms. The highest BCUT2D eigenvalue weighted by Gasteiger charge is 2.40. The fraction of sp³-hybridized carbons (Fsp3) is 0.154. The molecule has 3 aromatic rings. The van der Waals surface area contributed by atoms with Gasteiger partial charge in [-0.2, -0.15) is 0 Å². The first-order chi connectivity index (χ1) is 15.9. The molecule has 0 bridgehead atoms. The van der Waals surface area contributed by atoms with Gasteiger partial charge in [0, 0.05) is 10.7 Å². The lowest BCUT2D eigenvalue weighted by Crippen LogP contribution is -2.32. The minimum absolute atomic E-state index is 0.180. The van der Waals surface area contributed by atoms with Crippen LogP contribution in [0.2, 0.25) is 5.02 Å². The molecule has 0 aliphatic carbocycles. The highest BCUT2D eigenvalue weighted by atomic mass is 35.5. The van der Waals surface area contributed by atoms with E-state index in [1.165, 1.54) is 0 Å². The SMILES string of the molecule is CCOc1ccc(N2C(=O)C(Nc3ccc(C)c(Cl)c3)=C(c3ccc(OC)cc3)C2=O)cc1. The summed E-state index contributed by atoms with van der Waals surface area (Å²) in [6.45, 7) is 4.31. The van der Waals surface area contributed by atoms with Crippen molar-refractivity contribution >= 4 is 40.4 Å². The highest BCUT2D eigenvalue weighted by Crippen LogP contribution is 2.35. The lowest BCUT2D eigenvalue weighted by atomic mass is 10.0. The zero-order valence-electron chi connectivity index (χ0n) is 18.5. The van der Waals surface area contributed by atoms with Gasteiger partial charge in [0.05, 0.1) is 25.0 Å². The molecule has 0 spiro atoms. The second kappa shape index (κ2) is 9.38. The van der Waals surface area contributed by atoms with Crippen LogP contribution in [0.4, 0.5) is 11.4 Å². The smallest absolute Gasteiger partial charge is 0.282 e. The average molecular weight is 463 g/mol. The van der Waals surface area contributed by atoms with E-state index in [0.29, 0.717) is 40.1 Å². The topological polar surface area (TPSA) is 67.9 Å². The molecule has 4 rings (SSSR count). The lowest BCUT2D eigenvalue weighted by molar-refractivity contribution is -0.120. The van der Waals surface area contributed by atoms with Crippen molar-refractivity contribution in [3.8, 4) is 11.5 Å². The number of carbonyl (C=O) groups excluding carboxylic acids is 2. The quantitative estimate of drug-likeness (QED) is 0.473. The van der Waals surface area contributed by atoms with E-state index < -0.39 is 11.8 Å². The summed E-state index contributed by atoms with van der Waals surface area (Å²) in [5, 5.41) is 3.69. The molecule has 0 aromatic heterocycles. The van der Waals surface area contributed by atoms with Crippen molar-refractivity contribution in [2.45, 2.75) is 13.8 Å². The third-order valence-electron chi connectivity index (χ3n) is 5.31. The predicted molar refractivity (Wildman–Crippen MR) is 130 cm³/mol. The number of imide groups is 1. The largest absolute Gasteiger partial charge is 0.497 e. The summed E-state index contributed by atoms with van der Waals surface area (Å²) in [6, 6.07) is 19.3. The monoisotopic (exact) mass is 462 g/mol. The number of nitrogens with zero attached hydrogens (tertiary/aromatic N) is 1. The fourth-order valence-corrected chi connectivity index (χ4v) is 3.76. The minimum Gasteiger partial charge on any atom is -0.497 e. The number of rotatable bonds is 7. The second-order valence-corrected chi connectivity index (χ2v) is 7.85. The maximum absolute atomic E-state index is 13.5. The van der Waals surface area contributed by atoms with Crippen LogP contribution in [-0.2, 0) is 9.59 Å². The number of methoxy groups -OCH3 is 1. The third kappa shape index (κ3) is 4.43. The van der Waals surface area contributed by atoms with Crippen LogP contribution in [0.5, 0.6) is 11.5 Å². The molecular formula is C26H23ClN2O4. The molecule has 6 nitrogen and oxygen atoms in total. The molecule has 168 valence electrons. The van der Waals surface area contributed by atoms with Crippen LogP contribution in [-0.4, -0.2) is 25.5 Å². The summed E-state index contributed by atoms with van der Waals surface area (Å²) < 4.78 is 10.7. The van der Waals surface area contributed by atoms with E-state index in [1.54, 1.807) is 61.7 Å². The van der Waals surface area contributed by atoms with Crippen LogP contribution >= 0.6 is 11.6 Å². The molecule has 33 heavy (non-hydrogen) atoms. The van der Waals surface area contributed by atoms with Gasteiger partial charge in [0.15, 0.2) is 0 Å².